The van der Waals surface area contributed by atoms with E-state index in [0.717, 1.165) is 6.42 Å². The average Bonchev–Trinajstić information content (AvgIpc) is 2.53. The molecule has 1 N–H and O–H groups in total. The predicted molar refractivity (Wildman–Crippen MR) is 82.7 cm³/mol. The van der Waals surface area contributed by atoms with Crippen molar-refractivity contribution >= 4 is 11.9 Å². The highest BCUT2D eigenvalue weighted by molar-refractivity contribution is 5.78. The lowest BCUT2D eigenvalue weighted by Crippen LogP contribution is -2.47. The van der Waals surface area contributed by atoms with Crippen molar-refractivity contribution in [1.29, 1.82) is 0 Å². The Kier molecular flexibility index (Phi) is 5.96. The van der Waals surface area contributed by atoms with E-state index in [0.29, 0.717) is 31.6 Å². The molecule has 23 heavy (non-hydrogen) atoms. The molecule has 2 rings (SSSR count). The number of aliphatic carboxylic acids is 1. The molecule has 0 saturated carbocycles. The second-order valence-corrected chi connectivity index (χ2v) is 5.91. The zero-order chi connectivity index (χ0) is 16.8. The molecule has 1 amide bonds. The van der Waals surface area contributed by atoms with Crippen molar-refractivity contribution < 1.29 is 23.8 Å². The van der Waals surface area contributed by atoms with Crippen molar-refractivity contribution in [1.82, 2.24) is 4.90 Å². The van der Waals surface area contributed by atoms with Crippen molar-refractivity contribution in [3.05, 3.63) is 30.1 Å². The van der Waals surface area contributed by atoms with Crippen molar-refractivity contribution in [2.24, 2.45) is 5.92 Å². The van der Waals surface area contributed by atoms with Gasteiger partial charge < -0.3 is 14.7 Å². The summed E-state index contributed by atoms with van der Waals surface area (Å²) in [5.41, 5.74) is 0. The van der Waals surface area contributed by atoms with E-state index in [1.54, 1.807) is 17.0 Å². The van der Waals surface area contributed by atoms with Gasteiger partial charge in [0.2, 0.25) is 5.91 Å². The number of carbonyl (C=O) groups excluding carboxylic acids is 1. The van der Waals surface area contributed by atoms with Gasteiger partial charge in [-0.05, 0) is 50.5 Å². The van der Waals surface area contributed by atoms with E-state index in [2.05, 4.69) is 0 Å². The Hall–Kier alpha value is -2.11. The molecule has 126 valence electrons. The van der Waals surface area contributed by atoms with Crippen molar-refractivity contribution in [2.45, 2.75) is 38.6 Å². The van der Waals surface area contributed by atoms with Crippen LogP contribution in [0, 0.1) is 11.7 Å². The number of halogens is 1. The molecular formula is C17H22FNO4. The Balaban J connectivity index is 1.75. The van der Waals surface area contributed by atoms with E-state index in [4.69, 9.17) is 9.84 Å². The lowest BCUT2D eigenvalue weighted by Gasteiger charge is -2.36. The normalized spacial score (nSPS) is 21.0. The molecule has 0 aromatic heterocycles. The molecule has 1 aromatic rings. The molecule has 2 atom stereocenters. The van der Waals surface area contributed by atoms with E-state index < -0.39 is 11.9 Å². The van der Waals surface area contributed by atoms with Crippen LogP contribution in [0.25, 0.3) is 0 Å². The number of rotatable bonds is 6. The van der Waals surface area contributed by atoms with Crippen LogP contribution < -0.4 is 4.74 Å². The molecule has 1 aromatic carbocycles. The predicted octanol–water partition coefficient (Wildman–Crippen LogP) is 2.70. The Morgan fingerprint density at radius 2 is 2.00 bits per heavy atom. The van der Waals surface area contributed by atoms with Crippen LogP contribution >= 0.6 is 0 Å². The highest BCUT2D eigenvalue weighted by Gasteiger charge is 2.32. The summed E-state index contributed by atoms with van der Waals surface area (Å²) in [6.45, 7) is 2.60. The summed E-state index contributed by atoms with van der Waals surface area (Å²) in [6.07, 6.45) is 2.19. The van der Waals surface area contributed by atoms with Gasteiger partial charge in [-0.15, -0.1) is 0 Å². The number of likely N-dealkylation sites (tertiary alicyclic amines) is 1. The highest BCUT2D eigenvalue weighted by Crippen LogP contribution is 2.23. The molecule has 5 nitrogen and oxygen atoms in total. The van der Waals surface area contributed by atoms with Gasteiger partial charge in [-0.1, -0.05) is 0 Å². The fourth-order valence-corrected chi connectivity index (χ4v) is 2.74. The summed E-state index contributed by atoms with van der Waals surface area (Å²) in [5.74, 6) is -1.10. The minimum Gasteiger partial charge on any atom is -0.494 e. The fraction of sp³-hybridized carbons (Fsp3) is 0.529. The number of carbonyl (C=O) groups is 2. The molecule has 0 bridgehead atoms. The standard InChI is InChI=1S/C17H22FNO4/c1-12-4-5-13(17(21)22)11-19(12)16(20)3-2-10-23-15-8-6-14(18)7-9-15/h6-9,12-13H,2-5,10-11H2,1H3,(H,21,22). The first-order valence-corrected chi connectivity index (χ1v) is 7.88. The Morgan fingerprint density at radius 3 is 2.65 bits per heavy atom. The fourth-order valence-electron chi connectivity index (χ4n) is 2.74. The van der Waals surface area contributed by atoms with Crippen molar-refractivity contribution in [3.8, 4) is 5.75 Å². The Labute approximate surface area is 135 Å². The van der Waals surface area contributed by atoms with Gasteiger partial charge in [-0.2, -0.15) is 0 Å². The summed E-state index contributed by atoms with van der Waals surface area (Å²) < 4.78 is 18.2. The molecule has 6 heteroatoms. The van der Waals surface area contributed by atoms with Crippen LogP contribution in [0.3, 0.4) is 0 Å². The van der Waals surface area contributed by atoms with Crippen LogP contribution in [0.15, 0.2) is 24.3 Å². The van der Waals surface area contributed by atoms with E-state index in [-0.39, 0.29) is 24.3 Å². The van der Waals surface area contributed by atoms with Crippen LogP contribution in [0.5, 0.6) is 5.75 Å². The van der Waals surface area contributed by atoms with Gasteiger partial charge in [0.05, 0.1) is 12.5 Å². The van der Waals surface area contributed by atoms with Gasteiger partial charge in [-0.3, -0.25) is 9.59 Å². The van der Waals surface area contributed by atoms with E-state index in [9.17, 15) is 14.0 Å². The second kappa shape index (κ2) is 7.94. The largest absolute Gasteiger partial charge is 0.494 e. The smallest absolute Gasteiger partial charge is 0.308 e. The number of ether oxygens (including phenoxy) is 1. The minimum atomic E-state index is -0.839. The summed E-state index contributed by atoms with van der Waals surface area (Å²) in [7, 11) is 0. The van der Waals surface area contributed by atoms with Gasteiger partial charge >= 0.3 is 5.97 Å². The van der Waals surface area contributed by atoms with Gasteiger partial charge in [0.1, 0.15) is 11.6 Å². The van der Waals surface area contributed by atoms with E-state index in [1.807, 2.05) is 6.92 Å². The molecule has 1 fully saturated rings. The van der Waals surface area contributed by atoms with Gasteiger partial charge in [-0.25, -0.2) is 4.39 Å². The first-order chi connectivity index (χ1) is 11.0. The van der Waals surface area contributed by atoms with Gasteiger partial charge in [0, 0.05) is 19.0 Å². The number of amides is 1. The number of carboxylic acids is 1. The molecule has 0 spiro atoms. The maximum absolute atomic E-state index is 12.8. The number of nitrogens with zero attached hydrogens (tertiary/aromatic N) is 1. The number of hydrogen-bond acceptors (Lipinski definition) is 3. The molecular weight excluding hydrogens is 301 g/mol. The monoisotopic (exact) mass is 323 g/mol. The maximum Gasteiger partial charge on any atom is 0.308 e. The summed E-state index contributed by atoms with van der Waals surface area (Å²) >= 11 is 0. The molecule has 1 aliphatic rings. The van der Waals surface area contributed by atoms with Crippen molar-refractivity contribution in [3.63, 3.8) is 0 Å². The van der Waals surface area contributed by atoms with Crippen LogP contribution in [0.4, 0.5) is 4.39 Å². The number of benzene rings is 1. The zero-order valence-corrected chi connectivity index (χ0v) is 13.2. The molecule has 1 heterocycles. The SMILES string of the molecule is CC1CCC(C(=O)O)CN1C(=O)CCCOc1ccc(F)cc1. The summed E-state index contributed by atoms with van der Waals surface area (Å²) in [5, 5.41) is 9.10. The third-order valence-electron chi connectivity index (χ3n) is 4.17. The third kappa shape index (κ3) is 4.94. The van der Waals surface area contributed by atoms with Crippen molar-refractivity contribution in [2.75, 3.05) is 13.2 Å². The lowest BCUT2D eigenvalue weighted by atomic mass is 9.93. The lowest BCUT2D eigenvalue weighted by molar-refractivity contribution is -0.147. The number of carboxylic acid groups (broad SMARTS) is 1. The quantitative estimate of drug-likeness (QED) is 0.817. The molecule has 0 radical (unpaired) electrons. The second-order valence-electron chi connectivity index (χ2n) is 5.91. The van der Waals surface area contributed by atoms with Gasteiger partial charge in [0.25, 0.3) is 0 Å². The Morgan fingerprint density at radius 1 is 1.30 bits per heavy atom. The first-order valence-electron chi connectivity index (χ1n) is 7.88. The highest BCUT2D eigenvalue weighted by atomic mass is 19.1. The minimum absolute atomic E-state index is 0.0360. The average molecular weight is 323 g/mol. The summed E-state index contributed by atoms with van der Waals surface area (Å²) in [6, 6.07) is 5.81. The maximum atomic E-state index is 12.8. The van der Waals surface area contributed by atoms with E-state index in [1.165, 1.54) is 12.1 Å². The number of piperidine rings is 1. The van der Waals surface area contributed by atoms with Crippen LogP contribution in [0.1, 0.15) is 32.6 Å². The van der Waals surface area contributed by atoms with Crippen LogP contribution in [-0.2, 0) is 9.59 Å². The topological polar surface area (TPSA) is 66.8 Å². The Bertz CT molecular complexity index is 546. The molecule has 0 aliphatic carbocycles. The molecule has 1 saturated heterocycles. The van der Waals surface area contributed by atoms with Gasteiger partial charge in [0.15, 0.2) is 0 Å². The first kappa shape index (κ1) is 17.2. The van der Waals surface area contributed by atoms with E-state index >= 15 is 0 Å². The van der Waals surface area contributed by atoms with Crippen LogP contribution in [0.2, 0.25) is 0 Å². The molecule has 2 unspecified atom stereocenters. The number of hydrogen-bond donors (Lipinski definition) is 1. The molecule has 1 aliphatic heterocycles. The summed E-state index contributed by atoms with van der Waals surface area (Å²) in [4.78, 5) is 25.0. The van der Waals surface area contributed by atoms with Crippen LogP contribution in [-0.4, -0.2) is 41.1 Å². The zero-order valence-electron chi connectivity index (χ0n) is 13.2. The third-order valence-corrected chi connectivity index (χ3v) is 4.17.